The highest BCUT2D eigenvalue weighted by atomic mass is 35.5. The molecule has 0 spiro atoms. The van der Waals surface area contributed by atoms with Gasteiger partial charge in [0.1, 0.15) is 5.75 Å². The number of thiophene rings is 1. The fourth-order valence-corrected chi connectivity index (χ4v) is 3.70. The summed E-state index contributed by atoms with van der Waals surface area (Å²) in [7, 11) is 0. The Balaban J connectivity index is 1.62. The number of ether oxygens (including phenoxy) is 1. The van der Waals surface area contributed by atoms with Gasteiger partial charge in [-0.1, -0.05) is 11.6 Å². The predicted molar refractivity (Wildman–Crippen MR) is 85.1 cm³/mol. The van der Waals surface area contributed by atoms with Crippen molar-refractivity contribution >= 4 is 28.8 Å². The average molecular weight is 322 g/mol. The van der Waals surface area contributed by atoms with E-state index < -0.39 is 0 Å². The third-order valence-electron chi connectivity index (χ3n) is 3.77. The summed E-state index contributed by atoms with van der Waals surface area (Å²) in [5, 5.41) is 2.75. The molecule has 1 atom stereocenters. The van der Waals surface area contributed by atoms with Crippen LogP contribution in [0.15, 0.2) is 35.7 Å². The molecule has 0 fully saturated rings. The summed E-state index contributed by atoms with van der Waals surface area (Å²) < 4.78 is 5.55. The second-order valence-electron chi connectivity index (χ2n) is 5.05. The van der Waals surface area contributed by atoms with Crippen molar-refractivity contribution < 1.29 is 9.53 Å². The van der Waals surface area contributed by atoms with E-state index in [0.29, 0.717) is 10.8 Å². The van der Waals surface area contributed by atoms with E-state index in [-0.39, 0.29) is 18.6 Å². The van der Waals surface area contributed by atoms with Gasteiger partial charge in [0.05, 0.1) is 6.04 Å². The Hall–Kier alpha value is -1.52. The van der Waals surface area contributed by atoms with Crippen molar-refractivity contribution in [3.05, 3.63) is 51.2 Å². The molecule has 0 saturated carbocycles. The van der Waals surface area contributed by atoms with Gasteiger partial charge in [0, 0.05) is 16.4 Å². The van der Waals surface area contributed by atoms with Gasteiger partial charge in [0.25, 0.3) is 5.91 Å². The molecule has 0 aliphatic carbocycles. The van der Waals surface area contributed by atoms with Crippen molar-refractivity contribution in [2.24, 2.45) is 0 Å². The average Bonchev–Trinajstić information content (AvgIpc) is 2.96. The number of fused-ring (bicyclic) bond motifs is 1. The smallest absolute Gasteiger partial charge is 0.261 e. The van der Waals surface area contributed by atoms with Crippen LogP contribution in [0.25, 0.3) is 0 Å². The molecule has 1 aliphatic rings. The lowest BCUT2D eigenvalue weighted by Gasteiger charge is -2.33. The van der Waals surface area contributed by atoms with Gasteiger partial charge in [-0.25, -0.2) is 0 Å². The topological polar surface area (TPSA) is 29.5 Å². The number of nitrogens with zero attached hydrogens (tertiary/aromatic N) is 1. The maximum absolute atomic E-state index is 12.4. The van der Waals surface area contributed by atoms with Crippen molar-refractivity contribution in [2.75, 3.05) is 13.2 Å². The number of rotatable bonds is 3. The standard InChI is InChI=1S/C16H16ClNO2S/c1-11-14-7-9-21-15(14)6-8-18(11)16(19)10-20-13-4-2-12(17)3-5-13/h2-5,7,9,11H,6,8,10H2,1H3. The van der Waals surface area contributed by atoms with Crippen LogP contribution in [0.4, 0.5) is 0 Å². The van der Waals surface area contributed by atoms with Gasteiger partial charge < -0.3 is 9.64 Å². The first kappa shape index (κ1) is 14.4. The Morgan fingerprint density at radius 2 is 2.14 bits per heavy atom. The van der Waals surface area contributed by atoms with Crippen LogP contribution in [0.5, 0.6) is 5.75 Å². The van der Waals surface area contributed by atoms with Gasteiger partial charge >= 0.3 is 0 Å². The van der Waals surface area contributed by atoms with Gasteiger partial charge in [-0.05, 0) is 54.6 Å². The van der Waals surface area contributed by atoms with Crippen molar-refractivity contribution in [3.8, 4) is 5.75 Å². The highest BCUT2D eigenvalue weighted by Gasteiger charge is 2.28. The third-order valence-corrected chi connectivity index (χ3v) is 5.02. The lowest BCUT2D eigenvalue weighted by molar-refractivity contribution is -0.135. The number of hydrogen-bond donors (Lipinski definition) is 0. The second kappa shape index (κ2) is 6.08. The molecule has 0 bridgehead atoms. The van der Waals surface area contributed by atoms with Crippen molar-refractivity contribution in [2.45, 2.75) is 19.4 Å². The summed E-state index contributed by atoms with van der Waals surface area (Å²) in [5.41, 5.74) is 1.27. The van der Waals surface area contributed by atoms with Crippen LogP contribution in [0, 0.1) is 0 Å². The van der Waals surface area contributed by atoms with Crippen LogP contribution >= 0.6 is 22.9 Å². The predicted octanol–water partition coefficient (Wildman–Crippen LogP) is 3.93. The zero-order valence-electron chi connectivity index (χ0n) is 11.7. The minimum Gasteiger partial charge on any atom is -0.484 e. The van der Waals surface area contributed by atoms with E-state index in [0.717, 1.165) is 13.0 Å². The molecule has 0 N–H and O–H groups in total. The number of hydrogen-bond acceptors (Lipinski definition) is 3. The van der Waals surface area contributed by atoms with Crippen LogP contribution in [-0.2, 0) is 11.2 Å². The minimum absolute atomic E-state index is 0.0225. The highest BCUT2D eigenvalue weighted by Crippen LogP contribution is 2.32. The molecule has 2 aromatic rings. The molecule has 21 heavy (non-hydrogen) atoms. The zero-order chi connectivity index (χ0) is 14.8. The van der Waals surface area contributed by atoms with E-state index in [1.807, 2.05) is 4.90 Å². The highest BCUT2D eigenvalue weighted by molar-refractivity contribution is 7.10. The van der Waals surface area contributed by atoms with Crippen LogP contribution in [0.3, 0.4) is 0 Å². The molecular formula is C16H16ClNO2S. The molecule has 1 aliphatic heterocycles. The molecule has 2 heterocycles. The Morgan fingerprint density at radius 1 is 1.38 bits per heavy atom. The summed E-state index contributed by atoms with van der Waals surface area (Å²) in [5.74, 6) is 0.683. The molecule has 1 amide bonds. The van der Waals surface area contributed by atoms with Gasteiger partial charge in [0.15, 0.2) is 6.61 Å². The van der Waals surface area contributed by atoms with E-state index in [2.05, 4.69) is 18.4 Å². The molecular weight excluding hydrogens is 306 g/mol. The first-order valence-corrected chi connectivity index (χ1v) is 8.15. The van der Waals surface area contributed by atoms with E-state index in [4.69, 9.17) is 16.3 Å². The maximum atomic E-state index is 12.4. The third kappa shape index (κ3) is 3.06. The lowest BCUT2D eigenvalue weighted by atomic mass is 10.0. The molecule has 0 saturated heterocycles. The van der Waals surface area contributed by atoms with Gasteiger partial charge in [-0.2, -0.15) is 0 Å². The molecule has 1 aromatic carbocycles. The van der Waals surface area contributed by atoms with Gasteiger partial charge in [0.2, 0.25) is 0 Å². The van der Waals surface area contributed by atoms with Crippen LogP contribution in [0.2, 0.25) is 5.02 Å². The summed E-state index contributed by atoms with van der Waals surface area (Å²) in [6.07, 6.45) is 0.935. The molecule has 0 radical (unpaired) electrons. The fourth-order valence-electron chi connectivity index (χ4n) is 2.61. The Morgan fingerprint density at radius 3 is 2.90 bits per heavy atom. The Labute approximate surface area is 133 Å². The molecule has 3 rings (SSSR count). The normalized spacial score (nSPS) is 17.4. The number of halogens is 1. The summed E-state index contributed by atoms with van der Waals surface area (Å²) >= 11 is 7.60. The quantitative estimate of drug-likeness (QED) is 0.857. The number of carbonyl (C=O) groups is 1. The summed E-state index contributed by atoms with van der Waals surface area (Å²) in [6.45, 7) is 2.90. The SMILES string of the molecule is CC1c2ccsc2CCN1C(=O)COc1ccc(Cl)cc1. The largest absolute Gasteiger partial charge is 0.484 e. The number of carbonyl (C=O) groups excluding carboxylic acids is 1. The van der Waals surface area contributed by atoms with E-state index in [1.165, 1.54) is 10.4 Å². The van der Waals surface area contributed by atoms with Crippen molar-refractivity contribution in [1.82, 2.24) is 4.90 Å². The molecule has 110 valence electrons. The van der Waals surface area contributed by atoms with E-state index in [1.54, 1.807) is 35.6 Å². The number of amides is 1. The van der Waals surface area contributed by atoms with Crippen molar-refractivity contribution in [1.29, 1.82) is 0 Å². The first-order valence-electron chi connectivity index (χ1n) is 6.89. The molecule has 3 nitrogen and oxygen atoms in total. The van der Waals surface area contributed by atoms with Crippen LogP contribution in [0.1, 0.15) is 23.4 Å². The first-order chi connectivity index (χ1) is 10.1. The maximum Gasteiger partial charge on any atom is 0.261 e. The monoisotopic (exact) mass is 321 g/mol. The minimum atomic E-state index is 0.0225. The van der Waals surface area contributed by atoms with Crippen LogP contribution < -0.4 is 4.74 Å². The molecule has 1 unspecified atom stereocenters. The Kier molecular flexibility index (Phi) is 4.17. The fraction of sp³-hybridized carbons (Fsp3) is 0.312. The van der Waals surface area contributed by atoms with Crippen LogP contribution in [-0.4, -0.2) is 24.0 Å². The van der Waals surface area contributed by atoms with Gasteiger partial charge in [-0.3, -0.25) is 4.79 Å². The molecule has 5 heteroatoms. The molecule has 1 aromatic heterocycles. The lowest BCUT2D eigenvalue weighted by Crippen LogP contribution is -2.40. The van der Waals surface area contributed by atoms with Crippen molar-refractivity contribution in [3.63, 3.8) is 0 Å². The number of benzene rings is 1. The zero-order valence-corrected chi connectivity index (χ0v) is 13.3. The van der Waals surface area contributed by atoms with Gasteiger partial charge in [-0.15, -0.1) is 11.3 Å². The Bertz CT molecular complexity index is 638. The summed E-state index contributed by atoms with van der Waals surface area (Å²) in [6, 6.07) is 9.29. The van der Waals surface area contributed by atoms with E-state index >= 15 is 0 Å². The summed E-state index contributed by atoms with van der Waals surface area (Å²) in [4.78, 5) is 15.6. The second-order valence-corrected chi connectivity index (χ2v) is 6.49. The van der Waals surface area contributed by atoms with E-state index in [9.17, 15) is 4.79 Å².